The highest BCUT2D eigenvalue weighted by molar-refractivity contribution is 5.99. The summed E-state index contributed by atoms with van der Waals surface area (Å²) in [5, 5.41) is 0. The molecule has 0 aromatic heterocycles. The fourth-order valence-electron chi connectivity index (χ4n) is 4.39. The molecule has 2 aliphatic rings. The van der Waals surface area contributed by atoms with Crippen molar-refractivity contribution in [2.24, 2.45) is 5.92 Å². The summed E-state index contributed by atoms with van der Waals surface area (Å²) in [4.78, 5) is 48.2. The quantitative estimate of drug-likeness (QED) is 0.345. The average Bonchev–Trinajstić information content (AvgIpc) is 3.17. The summed E-state index contributed by atoms with van der Waals surface area (Å²) in [6.45, 7) is 3.31. The van der Waals surface area contributed by atoms with Gasteiger partial charge >= 0.3 is 17.9 Å². The first kappa shape index (κ1) is 27.5. The summed E-state index contributed by atoms with van der Waals surface area (Å²) >= 11 is 0. The molecule has 3 rings (SSSR count). The minimum atomic E-state index is -1.11. The molecule has 1 aliphatic heterocycles. The van der Waals surface area contributed by atoms with Gasteiger partial charge in [-0.05, 0) is 18.4 Å². The first-order chi connectivity index (χ1) is 17.2. The number of carbonyl (C=O) groups excluding carboxylic acids is 4. The van der Waals surface area contributed by atoms with Crippen molar-refractivity contribution in [3.05, 3.63) is 47.5 Å². The molecule has 0 spiro atoms. The number of rotatable bonds is 10. The fourth-order valence-corrected chi connectivity index (χ4v) is 4.39. The van der Waals surface area contributed by atoms with Crippen LogP contribution >= 0.6 is 0 Å². The Kier molecular flexibility index (Phi) is 9.74. The van der Waals surface area contributed by atoms with Gasteiger partial charge in [0.1, 0.15) is 18.8 Å². The molecule has 1 fully saturated rings. The number of hydrogen-bond donors (Lipinski definition) is 0. The topological polar surface area (TPSA) is 124 Å². The molecular formula is C26H32O10. The Morgan fingerprint density at radius 3 is 2.22 bits per heavy atom. The van der Waals surface area contributed by atoms with Crippen LogP contribution in [-0.2, 0) is 54.0 Å². The summed E-state index contributed by atoms with van der Waals surface area (Å²) in [6.07, 6.45) is -2.29. The van der Waals surface area contributed by atoms with E-state index in [-0.39, 0.29) is 24.9 Å². The van der Waals surface area contributed by atoms with E-state index in [1.807, 2.05) is 36.4 Å². The van der Waals surface area contributed by atoms with Crippen LogP contribution in [0.4, 0.5) is 0 Å². The lowest BCUT2D eigenvalue weighted by atomic mass is 9.95. The Morgan fingerprint density at radius 1 is 0.944 bits per heavy atom. The van der Waals surface area contributed by atoms with E-state index < -0.39 is 48.6 Å². The van der Waals surface area contributed by atoms with Crippen LogP contribution in [0.2, 0.25) is 0 Å². The van der Waals surface area contributed by atoms with Crippen LogP contribution in [-0.4, -0.2) is 74.7 Å². The van der Waals surface area contributed by atoms with Crippen LogP contribution in [0.5, 0.6) is 0 Å². The Labute approximate surface area is 209 Å². The van der Waals surface area contributed by atoms with Crippen molar-refractivity contribution in [1.29, 1.82) is 0 Å². The van der Waals surface area contributed by atoms with Crippen molar-refractivity contribution in [2.75, 3.05) is 20.3 Å². The zero-order valence-electron chi connectivity index (χ0n) is 20.8. The highest BCUT2D eigenvalue weighted by atomic mass is 16.7. The molecule has 36 heavy (non-hydrogen) atoms. The van der Waals surface area contributed by atoms with Crippen molar-refractivity contribution in [3.63, 3.8) is 0 Å². The van der Waals surface area contributed by atoms with Crippen molar-refractivity contribution >= 4 is 23.7 Å². The SMILES string of the molecule is CO[C@@H]1O[C@H](COC(C)=O)[C@H](OC(C)=O)[C@H](OCC2=CCC(Cc3ccccc3)C2=O)[C@H]1OC(C)=O. The Balaban J connectivity index is 1.78. The molecule has 196 valence electrons. The zero-order valence-corrected chi connectivity index (χ0v) is 20.8. The molecule has 1 saturated heterocycles. The van der Waals surface area contributed by atoms with Gasteiger partial charge in [0.05, 0.1) is 6.61 Å². The second kappa shape index (κ2) is 12.8. The van der Waals surface area contributed by atoms with Crippen molar-refractivity contribution in [1.82, 2.24) is 0 Å². The predicted octanol–water partition coefficient (Wildman–Crippen LogP) is 1.93. The summed E-state index contributed by atoms with van der Waals surface area (Å²) in [6, 6.07) is 9.74. The van der Waals surface area contributed by atoms with E-state index in [1.165, 1.54) is 27.9 Å². The maximum atomic E-state index is 13.0. The third kappa shape index (κ3) is 7.22. The van der Waals surface area contributed by atoms with E-state index in [4.69, 9.17) is 28.4 Å². The number of carbonyl (C=O) groups is 4. The average molecular weight is 505 g/mol. The minimum absolute atomic E-state index is 0.0289. The van der Waals surface area contributed by atoms with E-state index in [2.05, 4.69) is 0 Å². The van der Waals surface area contributed by atoms with Crippen LogP contribution in [0.15, 0.2) is 42.0 Å². The molecule has 1 unspecified atom stereocenters. The smallest absolute Gasteiger partial charge is 0.303 e. The number of methoxy groups -OCH3 is 1. The Bertz CT molecular complexity index is 972. The lowest BCUT2D eigenvalue weighted by molar-refractivity contribution is -0.305. The molecule has 0 saturated carbocycles. The molecule has 1 aromatic rings. The lowest BCUT2D eigenvalue weighted by Crippen LogP contribution is -2.62. The number of benzene rings is 1. The van der Waals surface area contributed by atoms with Crippen LogP contribution < -0.4 is 0 Å². The van der Waals surface area contributed by atoms with E-state index >= 15 is 0 Å². The predicted molar refractivity (Wildman–Crippen MR) is 124 cm³/mol. The van der Waals surface area contributed by atoms with Gasteiger partial charge in [-0.1, -0.05) is 36.4 Å². The van der Waals surface area contributed by atoms with E-state index in [9.17, 15) is 19.2 Å². The van der Waals surface area contributed by atoms with E-state index in [0.717, 1.165) is 5.56 Å². The van der Waals surface area contributed by atoms with Crippen LogP contribution in [0.25, 0.3) is 0 Å². The number of Topliss-reactive ketones (excluding diaryl/α,β-unsaturated/α-hetero) is 1. The van der Waals surface area contributed by atoms with Gasteiger partial charge in [-0.2, -0.15) is 0 Å². The first-order valence-electron chi connectivity index (χ1n) is 11.7. The van der Waals surface area contributed by atoms with Crippen molar-refractivity contribution < 1.29 is 47.6 Å². The molecule has 1 aromatic carbocycles. The number of ether oxygens (including phenoxy) is 6. The third-order valence-electron chi connectivity index (χ3n) is 5.97. The van der Waals surface area contributed by atoms with Crippen molar-refractivity contribution in [2.45, 2.75) is 64.3 Å². The highest BCUT2D eigenvalue weighted by Gasteiger charge is 2.51. The molecule has 1 aliphatic carbocycles. The lowest BCUT2D eigenvalue weighted by Gasteiger charge is -2.44. The van der Waals surface area contributed by atoms with Gasteiger partial charge in [0.25, 0.3) is 0 Å². The van der Waals surface area contributed by atoms with E-state index in [0.29, 0.717) is 18.4 Å². The largest absolute Gasteiger partial charge is 0.463 e. The number of esters is 3. The standard InChI is InChI=1S/C26H32O10/c1-15(27)32-14-21-23(34-16(2)28)24(25(35-17(3)29)26(31-4)36-21)33-13-20-11-10-19(22(20)30)12-18-8-6-5-7-9-18/h5-9,11,19,21,23-26H,10,12-14H2,1-4H3/t19?,21-,23+,24+,25-,26-/m1/s1. The molecule has 10 heteroatoms. The van der Waals surface area contributed by atoms with Crippen LogP contribution in [0.1, 0.15) is 32.8 Å². The van der Waals surface area contributed by atoms with Gasteiger partial charge in [-0.25, -0.2) is 0 Å². The summed E-state index contributed by atoms with van der Waals surface area (Å²) in [7, 11) is 1.35. The van der Waals surface area contributed by atoms with Gasteiger partial charge in [0.15, 0.2) is 24.3 Å². The number of ketones is 1. The molecule has 0 bridgehead atoms. The normalized spacial score (nSPS) is 27.8. The Morgan fingerprint density at radius 2 is 1.61 bits per heavy atom. The maximum Gasteiger partial charge on any atom is 0.303 e. The molecule has 0 N–H and O–H groups in total. The number of allylic oxidation sites excluding steroid dienone is 1. The van der Waals surface area contributed by atoms with Crippen molar-refractivity contribution in [3.8, 4) is 0 Å². The molecule has 0 amide bonds. The molecule has 1 heterocycles. The third-order valence-corrected chi connectivity index (χ3v) is 5.97. The minimum Gasteiger partial charge on any atom is -0.463 e. The van der Waals surface area contributed by atoms with Gasteiger partial charge in [-0.15, -0.1) is 0 Å². The first-order valence-corrected chi connectivity index (χ1v) is 11.7. The Hall–Kier alpha value is -3.08. The molecule has 0 radical (unpaired) electrons. The second-order valence-electron chi connectivity index (χ2n) is 8.72. The monoisotopic (exact) mass is 504 g/mol. The van der Waals surface area contributed by atoms with Gasteiger partial charge < -0.3 is 28.4 Å². The second-order valence-corrected chi connectivity index (χ2v) is 8.72. The van der Waals surface area contributed by atoms with E-state index in [1.54, 1.807) is 0 Å². The maximum absolute atomic E-state index is 13.0. The summed E-state index contributed by atoms with van der Waals surface area (Å²) in [5.74, 6) is -2.05. The highest BCUT2D eigenvalue weighted by Crippen LogP contribution is 2.31. The summed E-state index contributed by atoms with van der Waals surface area (Å²) in [5.41, 5.74) is 1.55. The van der Waals surface area contributed by atoms with Gasteiger partial charge in [0, 0.05) is 39.4 Å². The fraction of sp³-hybridized carbons (Fsp3) is 0.538. The van der Waals surface area contributed by atoms with Crippen LogP contribution in [0, 0.1) is 5.92 Å². The molecule has 10 nitrogen and oxygen atoms in total. The van der Waals surface area contributed by atoms with Gasteiger partial charge in [-0.3, -0.25) is 19.2 Å². The van der Waals surface area contributed by atoms with Crippen LogP contribution in [0.3, 0.4) is 0 Å². The van der Waals surface area contributed by atoms with Gasteiger partial charge in [0.2, 0.25) is 0 Å². The molecular weight excluding hydrogens is 472 g/mol. The molecule has 6 atom stereocenters. The zero-order chi connectivity index (χ0) is 26.2. The summed E-state index contributed by atoms with van der Waals surface area (Å²) < 4.78 is 33.2. The number of hydrogen-bond acceptors (Lipinski definition) is 10.